The molecule has 1 atom stereocenters. The predicted molar refractivity (Wildman–Crippen MR) is 118 cm³/mol. The highest BCUT2D eigenvalue weighted by atomic mass is 16.5. The van der Waals surface area contributed by atoms with Gasteiger partial charge >= 0.3 is 6.01 Å². The van der Waals surface area contributed by atoms with Gasteiger partial charge in [0.05, 0.1) is 13.7 Å². The van der Waals surface area contributed by atoms with E-state index in [1.54, 1.807) is 11.6 Å². The quantitative estimate of drug-likeness (QED) is 0.496. The fourth-order valence-corrected chi connectivity index (χ4v) is 4.35. The van der Waals surface area contributed by atoms with Crippen molar-refractivity contribution < 1.29 is 9.26 Å². The molecule has 0 bridgehead atoms. The summed E-state index contributed by atoms with van der Waals surface area (Å²) >= 11 is 0. The van der Waals surface area contributed by atoms with E-state index in [0.29, 0.717) is 41.2 Å². The minimum atomic E-state index is 0.277. The summed E-state index contributed by atoms with van der Waals surface area (Å²) < 4.78 is 12.5. The summed E-state index contributed by atoms with van der Waals surface area (Å²) in [5, 5.41) is 9.64. The van der Waals surface area contributed by atoms with E-state index in [9.17, 15) is 0 Å². The third-order valence-corrected chi connectivity index (χ3v) is 6.31. The number of fused-ring (bicyclic) bond motifs is 3. The van der Waals surface area contributed by atoms with Crippen LogP contribution in [0.15, 0.2) is 22.7 Å². The number of nitrogens with zero attached hydrogens (tertiary/aromatic N) is 8. The van der Waals surface area contributed by atoms with E-state index in [1.165, 1.54) is 0 Å². The maximum atomic E-state index is 6.18. The zero-order chi connectivity index (χ0) is 21.8. The molecule has 4 heterocycles. The summed E-state index contributed by atoms with van der Waals surface area (Å²) in [4.78, 5) is 18.4. The maximum Gasteiger partial charge on any atom is 0.324 e. The van der Waals surface area contributed by atoms with Crippen LogP contribution in [0.1, 0.15) is 37.3 Å². The van der Waals surface area contributed by atoms with Crippen molar-refractivity contribution >= 4 is 28.5 Å². The van der Waals surface area contributed by atoms with Gasteiger partial charge in [-0.3, -0.25) is 4.90 Å². The number of methoxy groups -OCH3 is 1. The standard InChI is InChI=1S/C21H25N9O2/c1-12-10-29(21-25-18(27-32-21)13-6-7-13)9-8-28(12)11-16-23-19-14-4-3-5-15(31-2)17(14)24-20(22)30(19)26-16/h3-5,12-13H,6-11H2,1-2H3,(H2,22,24)/t12-/m1/s1. The Bertz CT molecular complexity index is 1300. The van der Waals surface area contributed by atoms with Gasteiger partial charge in [-0.2, -0.15) is 9.50 Å². The zero-order valence-electron chi connectivity index (χ0n) is 18.1. The third-order valence-electron chi connectivity index (χ3n) is 6.31. The molecule has 11 nitrogen and oxygen atoms in total. The molecule has 166 valence electrons. The number of benzene rings is 1. The van der Waals surface area contributed by atoms with Gasteiger partial charge in [0.25, 0.3) is 0 Å². The van der Waals surface area contributed by atoms with E-state index in [4.69, 9.17) is 20.0 Å². The largest absolute Gasteiger partial charge is 0.494 e. The average Bonchev–Trinajstić information content (AvgIpc) is 3.36. The van der Waals surface area contributed by atoms with Gasteiger partial charge < -0.3 is 19.9 Å². The van der Waals surface area contributed by atoms with E-state index >= 15 is 0 Å². The van der Waals surface area contributed by atoms with Crippen molar-refractivity contribution in [1.29, 1.82) is 0 Å². The second-order valence-electron chi connectivity index (χ2n) is 8.56. The highest BCUT2D eigenvalue weighted by Crippen LogP contribution is 2.39. The van der Waals surface area contributed by atoms with Crippen molar-refractivity contribution in [3.05, 3.63) is 29.8 Å². The van der Waals surface area contributed by atoms with Crippen LogP contribution in [0.5, 0.6) is 5.75 Å². The number of aromatic nitrogens is 6. The zero-order valence-corrected chi connectivity index (χ0v) is 18.1. The molecule has 0 unspecified atom stereocenters. The van der Waals surface area contributed by atoms with E-state index in [-0.39, 0.29) is 12.0 Å². The van der Waals surface area contributed by atoms with Crippen LogP contribution in [-0.2, 0) is 6.54 Å². The van der Waals surface area contributed by atoms with Crippen LogP contribution in [0, 0.1) is 0 Å². The molecule has 1 saturated heterocycles. The van der Waals surface area contributed by atoms with Crippen molar-refractivity contribution in [2.24, 2.45) is 0 Å². The summed E-state index contributed by atoms with van der Waals surface area (Å²) in [5.74, 6) is 3.00. The monoisotopic (exact) mass is 435 g/mol. The van der Waals surface area contributed by atoms with Gasteiger partial charge in [0.15, 0.2) is 17.3 Å². The minimum Gasteiger partial charge on any atom is -0.494 e. The molecule has 4 aromatic rings. The van der Waals surface area contributed by atoms with Gasteiger partial charge in [0.2, 0.25) is 5.95 Å². The predicted octanol–water partition coefficient (Wildman–Crippen LogP) is 1.84. The number of piperazine rings is 1. The second-order valence-corrected chi connectivity index (χ2v) is 8.56. The van der Waals surface area contributed by atoms with Crippen molar-refractivity contribution in [2.45, 2.75) is 38.3 Å². The SMILES string of the molecule is COc1cccc2c1nc(N)n1nc(CN3CCN(c4nc(C5CC5)no4)C[C@H]3C)nc21. The number of rotatable bonds is 5. The molecule has 0 spiro atoms. The molecule has 1 aliphatic carbocycles. The van der Waals surface area contributed by atoms with Crippen molar-refractivity contribution in [2.75, 3.05) is 37.4 Å². The third kappa shape index (κ3) is 3.20. The molecule has 1 aliphatic heterocycles. The van der Waals surface area contributed by atoms with Crippen LogP contribution >= 0.6 is 0 Å². The Labute approximate surface area is 184 Å². The Morgan fingerprint density at radius 3 is 2.84 bits per heavy atom. The first-order chi connectivity index (χ1) is 15.6. The minimum absolute atomic E-state index is 0.277. The number of ether oxygens (including phenoxy) is 1. The fourth-order valence-electron chi connectivity index (χ4n) is 4.35. The number of nitrogens with two attached hydrogens (primary N) is 1. The lowest BCUT2D eigenvalue weighted by molar-refractivity contribution is 0.172. The Morgan fingerprint density at radius 2 is 2.06 bits per heavy atom. The summed E-state index contributed by atoms with van der Waals surface area (Å²) in [6.45, 7) is 5.28. The van der Waals surface area contributed by atoms with E-state index in [1.807, 2.05) is 18.2 Å². The van der Waals surface area contributed by atoms with E-state index in [0.717, 1.165) is 43.7 Å². The number of hydrogen-bond acceptors (Lipinski definition) is 10. The van der Waals surface area contributed by atoms with Crippen LogP contribution in [0.25, 0.3) is 16.6 Å². The summed E-state index contributed by atoms with van der Waals surface area (Å²) in [6.07, 6.45) is 2.33. The molecule has 0 amide bonds. The maximum absolute atomic E-state index is 6.18. The molecule has 2 N–H and O–H groups in total. The molecule has 11 heteroatoms. The first kappa shape index (κ1) is 19.2. The molecule has 2 fully saturated rings. The average molecular weight is 435 g/mol. The first-order valence-corrected chi connectivity index (χ1v) is 10.9. The van der Waals surface area contributed by atoms with Gasteiger partial charge in [-0.25, -0.2) is 9.97 Å². The smallest absolute Gasteiger partial charge is 0.324 e. The number of hydrogen-bond donors (Lipinski definition) is 1. The molecular weight excluding hydrogens is 410 g/mol. The Balaban J connectivity index is 1.22. The lowest BCUT2D eigenvalue weighted by Gasteiger charge is -2.38. The fraction of sp³-hybridized carbons (Fsp3) is 0.476. The summed E-state index contributed by atoms with van der Waals surface area (Å²) in [7, 11) is 1.62. The number of anilines is 2. The lowest BCUT2D eigenvalue weighted by atomic mass is 10.2. The van der Waals surface area contributed by atoms with Crippen LogP contribution in [0.4, 0.5) is 12.0 Å². The molecule has 2 aliphatic rings. The topological polar surface area (TPSA) is 124 Å². The first-order valence-electron chi connectivity index (χ1n) is 10.9. The van der Waals surface area contributed by atoms with Crippen molar-refractivity contribution in [1.82, 2.24) is 34.6 Å². The molecule has 1 aromatic carbocycles. The molecular formula is C21H25N9O2. The number of para-hydroxylation sites is 1. The van der Waals surface area contributed by atoms with Gasteiger partial charge in [0, 0.05) is 37.0 Å². The highest BCUT2D eigenvalue weighted by molar-refractivity contribution is 5.95. The molecule has 32 heavy (non-hydrogen) atoms. The van der Waals surface area contributed by atoms with Crippen molar-refractivity contribution in [3.63, 3.8) is 0 Å². The van der Waals surface area contributed by atoms with Gasteiger partial charge in [-0.05, 0) is 31.9 Å². The second kappa shape index (κ2) is 7.30. The Morgan fingerprint density at radius 1 is 1.19 bits per heavy atom. The van der Waals surface area contributed by atoms with Crippen LogP contribution < -0.4 is 15.4 Å². The van der Waals surface area contributed by atoms with Crippen LogP contribution in [-0.4, -0.2) is 67.4 Å². The normalized spacial score (nSPS) is 19.8. The van der Waals surface area contributed by atoms with E-state index in [2.05, 4.69) is 36.9 Å². The molecule has 0 radical (unpaired) electrons. The Kier molecular flexibility index (Phi) is 4.39. The lowest BCUT2D eigenvalue weighted by Crippen LogP contribution is -2.51. The highest BCUT2D eigenvalue weighted by Gasteiger charge is 2.32. The molecule has 1 saturated carbocycles. The van der Waals surface area contributed by atoms with Gasteiger partial charge in [0.1, 0.15) is 11.3 Å². The summed E-state index contributed by atoms with van der Waals surface area (Å²) in [6, 6.07) is 6.64. The Hall–Kier alpha value is -3.47. The van der Waals surface area contributed by atoms with Gasteiger partial charge in [-0.1, -0.05) is 11.2 Å². The van der Waals surface area contributed by atoms with Crippen LogP contribution in [0.3, 0.4) is 0 Å². The van der Waals surface area contributed by atoms with E-state index < -0.39 is 0 Å². The van der Waals surface area contributed by atoms with Gasteiger partial charge in [-0.15, -0.1) is 5.10 Å². The summed E-state index contributed by atoms with van der Waals surface area (Å²) in [5.41, 5.74) is 7.55. The van der Waals surface area contributed by atoms with Crippen molar-refractivity contribution in [3.8, 4) is 5.75 Å². The molecule has 3 aromatic heterocycles. The van der Waals surface area contributed by atoms with Crippen LogP contribution in [0.2, 0.25) is 0 Å². The number of nitrogen functional groups attached to an aromatic ring is 1. The molecule has 6 rings (SSSR count).